The van der Waals surface area contributed by atoms with Crippen LogP contribution < -0.4 is 10.2 Å². The summed E-state index contributed by atoms with van der Waals surface area (Å²) in [4.78, 5) is 36.3. The number of nitrogens with one attached hydrogen (secondary N) is 1. The molecule has 1 aromatic rings. The minimum atomic E-state index is -0.185. The van der Waals surface area contributed by atoms with Gasteiger partial charge in [-0.2, -0.15) is 5.26 Å². The van der Waals surface area contributed by atoms with Gasteiger partial charge in [-0.1, -0.05) is 13.0 Å². The quantitative estimate of drug-likeness (QED) is 0.706. The third kappa shape index (κ3) is 6.74. The Balaban J connectivity index is 2.88. The zero-order chi connectivity index (χ0) is 17.2. The Hall–Kier alpha value is -2.68. The van der Waals surface area contributed by atoms with E-state index in [9.17, 15) is 14.4 Å². The average molecular weight is 315 g/mol. The number of hydrogen-bond donors (Lipinski definition) is 1. The van der Waals surface area contributed by atoms with Crippen LogP contribution in [0.25, 0.3) is 0 Å². The molecule has 0 aliphatic heterocycles. The van der Waals surface area contributed by atoms with Gasteiger partial charge < -0.3 is 10.2 Å². The van der Waals surface area contributed by atoms with Crippen LogP contribution in [0.5, 0.6) is 0 Å². The highest BCUT2D eigenvalue weighted by Crippen LogP contribution is 2.20. The number of Topliss-reactive ketones (excluding diaryl/α,β-unsaturated/α-hetero) is 2. The molecule has 0 saturated heterocycles. The van der Waals surface area contributed by atoms with E-state index in [4.69, 9.17) is 5.26 Å². The third-order valence-electron chi connectivity index (χ3n) is 3.18. The monoisotopic (exact) mass is 315 g/mol. The molecule has 23 heavy (non-hydrogen) atoms. The highest BCUT2D eigenvalue weighted by Gasteiger charge is 2.14. The van der Waals surface area contributed by atoms with E-state index in [-0.39, 0.29) is 36.9 Å². The zero-order valence-electron chi connectivity index (χ0n) is 13.5. The van der Waals surface area contributed by atoms with Crippen LogP contribution in [0.1, 0.15) is 33.1 Å². The lowest BCUT2D eigenvalue weighted by Gasteiger charge is -2.23. The van der Waals surface area contributed by atoms with E-state index >= 15 is 0 Å². The summed E-state index contributed by atoms with van der Waals surface area (Å²) < 4.78 is 0. The fraction of sp³-hybridized carbons (Fsp3) is 0.412. The lowest BCUT2D eigenvalue weighted by atomic mass is 10.1. The molecule has 0 unspecified atom stereocenters. The lowest BCUT2D eigenvalue weighted by Crippen LogP contribution is -2.31. The Morgan fingerprint density at radius 3 is 2.61 bits per heavy atom. The van der Waals surface area contributed by atoms with Crippen molar-refractivity contribution in [1.82, 2.24) is 0 Å². The van der Waals surface area contributed by atoms with Gasteiger partial charge in [-0.3, -0.25) is 14.4 Å². The van der Waals surface area contributed by atoms with Gasteiger partial charge in [0.25, 0.3) is 0 Å². The number of nitrogens with zero attached hydrogens (tertiary/aromatic N) is 2. The molecule has 0 fully saturated rings. The fourth-order valence-electron chi connectivity index (χ4n) is 2.08. The van der Waals surface area contributed by atoms with E-state index in [1.807, 2.05) is 0 Å². The van der Waals surface area contributed by atoms with Crippen LogP contribution in [0.3, 0.4) is 0 Å². The van der Waals surface area contributed by atoms with E-state index in [0.29, 0.717) is 18.7 Å². The van der Waals surface area contributed by atoms with Crippen LogP contribution in [0.15, 0.2) is 24.3 Å². The Morgan fingerprint density at radius 1 is 1.26 bits per heavy atom. The van der Waals surface area contributed by atoms with Crippen LogP contribution >= 0.6 is 0 Å². The van der Waals surface area contributed by atoms with Gasteiger partial charge >= 0.3 is 0 Å². The molecule has 0 aromatic heterocycles. The smallest absolute Gasteiger partial charge is 0.221 e. The first-order chi connectivity index (χ1) is 11.0. The molecule has 1 aromatic carbocycles. The molecular weight excluding hydrogens is 294 g/mol. The number of nitriles is 1. The second-order valence-electron chi connectivity index (χ2n) is 5.17. The van der Waals surface area contributed by atoms with Crippen molar-refractivity contribution in [2.75, 3.05) is 23.3 Å². The summed E-state index contributed by atoms with van der Waals surface area (Å²) in [5.74, 6) is -0.461. The minimum absolute atomic E-state index is 0.0664. The van der Waals surface area contributed by atoms with Gasteiger partial charge in [0.2, 0.25) is 5.91 Å². The average Bonchev–Trinajstić information content (AvgIpc) is 2.50. The Bertz CT molecular complexity index is 620. The summed E-state index contributed by atoms with van der Waals surface area (Å²) in [5.41, 5.74) is 1.35. The second kappa shape index (κ2) is 9.36. The second-order valence-corrected chi connectivity index (χ2v) is 5.17. The van der Waals surface area contributed by atoms with Crippen LogP contribution in [-0.2, 0) is 14.4 Å². The number of carbonyl (C=O) groups is 3. The number of rotatable bonds is 9. The summed E-state index contributed by atoms with van der Waals surface area (Å²) in [7, 11) is 0. The van der Waals surface area contributed by atoms with Crippen molar-refractivity contribution in [2.45, 2.75) is 33.1 Å². The normalized spacial score (nSPS) is 9.78. The molecule has 0 bridgehead atoms. The number of carbonyl (C=O) groups excluding carboxylic acids is 3. The van der Waals surface area contributed by atoms with Gasteiger partial charge in [0.1, 0.15) is 5.78 Å². The summed E-state index contributed by atoms with van der Waals surface area (Å²) >= 11 is 0. The largest absolute Gasteiger partial charge is 0.363 e. The number of benzene rings is 1. The maximum absolute atomic E-state index is 12.0. The van der Waals surface area contributed by atoms with Crippen molar-refractivity contribution in [3.8, 4) is 6.07 Å². The number of ketones is 2. The van der Waals surface area contributed by atoms with Gasteiger partial charge in [-0.25, -0.2) is 0 Å². The molecule has 6 nitrogen and oxygen atoms in total. The molecule has 6 heteroatoms. The zero-order valence-corrected chi connectivity index (χ0v) is 13.5. The van der Waals surface area contributed by atoms with Gasteiger partial charge in [0.15, 0.2) is 5.78 Å². The Labute approximate surface area is 136 Å². The minimum Gasteiger partial charge on any atom is -0.363 e. The van der Waals surface area contributed by atoms with Gasteiger partial charge in [-0.05, 0) is 18.2 Å². The number of hydrogen-bond acceptors (Lipinski definition) is 5. The first-order valence-electron chi connectivity index (χ1n) is 7.49. The summed E-state index contributed by atoms with van der Waals surface area (Å²) in [6, 6.07) is 9.11. The number of amides is 1. The van der Waals surface area contributed by atoms with Crippen LogP contribution in [-0.4, -0.2) is 30.6 Å². The summed E-state index contributed by atoms with van der Waals surface area (Å²) in [6.45, 7) is 3.59. The maximum Gasteiger partial charge on any atom is 0.221 e. The van der Waals surface area contributed by atoms with E-state index in [0.717, 1.165) is 5.69 Å². The molecule has 0 saturated carbocycles. The first-order valence-corrected chi connectivity index (χ1v) is 7.49. The highest BCUT2D eigenvalue weighted by atomic mass is 16.2. The van der Waals surface area contributed by atoms with E-state index < -0.39 is 0 Å². The van der Waals surface area contributed by atoms with Crippen LogP contribution in [0.2, 0.25) is 0 Å². The molecule has 1 rings (SSSR count). The molecule has 0 radical (unpaired) electrons. The molecule has 0 aliphatic carbocycles. The maximum atomic E-state index is 12.0. The number of anilines is 2. The third-order valence-corrected chi connectivity index (χ3v) is 3.18. The van der Waals surface area contributed by atoms with Crippen LogP contribution in [0.4, 0.5) is 11.4 Å². The standard InChI is InChI=1S/C17H21N3O3/c1-3-16(22)11-17(23)12-20(9-5-8-18)15-7-4-6-14(10-15)19-13(2)21/h4,6-7,10H,3,5,9,11-12H2,1-2H3,(H,19,21). The van der Waals surface area contributed by atoms with Gasteiger partial charge in [0.05, 0.1) is 25.5 Å². The van der Waals surface area contributed by atoms with Crippen LogP contribution in [0, 0.1) is 11.3 Å². The first kappa shape index (κ1) is 18.4. The molecule has 0 aliphatic rings. The fourth-order valence-corrected chi connectivity index (χ4v) is 2.08. The Morgan fingerprint density at radius 2 is 2.00 bits per heavy atom. The van der Waals surface area contributed by atoms with Gasteiger partial charge in [0, 0.05) is 31.3 Å². The Kier molecular flexibility index (Phi) is 7.48. The molecule has 1 N–H and O–H groups in total. The van der Waals surface area contributed by atoms with Gasteiger partial charge in [-0.15, -0.1) is 0 Å². The predicted molar refractivity (Wildman–Crippen MR) is 88.1 cm³/mol. The van der Waals surface area contributed by atoms with Crippen molar-refractivity contribution < 1.29 is 14.4 Å². The van der Waals surface area contributed by atoms with Crippen molar-refractivity contribution in [3.63, 3.8) is 0 Å². The molecular formula is C17H21N3O3. The molecule has 0 spiro atoms. The highest BCUT2D eigenvalue weighted by molar-refractivity contribution is 6.00. The summed E-state index contributed by atoms with van der Waals surface area (Å²) in [5, 5.41) is 11.5. The predicted octanol–water partition coefficient (Wildman–Crippen LogP) is 2.30. The van der Waals surface area contributed by atoms with Crippen molar-refractivity contribution in [2.24, 2.45) is 0 Å². The topological polar surface area (TPSA) is 90.3 Å². The van der Waals surface area contributed by atoms with Crippen molar-refractivity contribution in [1.29, 1.82) is 5.26 Å². The lowest BCUT2D eigenvalue weighted by molar-refractivity contribution is -0.126. The SMILES string of the molecule is CCC(=O)CC(=O)CN(CCC#N)c1cccc(NC(C)=O)c1. The van der Waals surface area contributed by atoms with E-state index in [2.05, 4.69) is 11.4 Å². The molecule has 1 amide bonds. The van der Waals surface area contributed by atoms with Crippen molar-refractivity contribution >= 4 is 28.8 Å². The molecule has 0 heterocycles. The molecule has 122 valence electrons. The van der Waals surface area contributed by atoms with E-state index in [1.165, 1.54) is 6.92 Å². The summed E-state index contributed by atoms with van der Waals surface area (Å²) in [6.07, 6.45) is 0.506. The van der Waals surface area contributed by atoms with E-state index in [1.54, 1.807) is 36.1 Å². The van der Waals surface area contributed by atoms with Crippen molar-refractivity contribution in [3.05, 3.63) is 24.3 Å². The molecule has 0 atom stereocenters.